The number of nitrogens with one attached hydrogen (secondary N) is 1. The van der Waals surface area contributed by atoms with Crippen molar-refractivity contribution >= 4 is 23.4 Å². The number of carboxylic acid groups (broad SMARTS) is 1. The molecule has 2 N–H and O–H groups in total. The summed E-state index contributed by atoms with van der Waals surface area (Å²) >= 11 is 0. The van der Waals surface area contributed by atoms with Crippen molar-refractivity contribution in [3.8, 4) is 11.5 Å². The molecule has 1 heterocycles. The molecule has 0 fully saturated rings. The summed E-state index contributed by atoms with van der Waals surface area (Å²) in [5, 5.41) is 12.2. The Morgan fingerprint density at radius 1 is 1.22 bits per heavy atom. The number of benzene rings is 2. The summed E-state index contributed by atoms with van der Waals surface area (Å²) in [6, 6.07) is 12.5. The average molecular weight is 370 g/mol. The molecule has 7 nitrogen and oxygen atoms in total. The largest absolute Gasteiger partial charge is 0.497 e. The Morgan fingerprint density at radius 3 is 2.63 bits per heavy atom. The Morgan fingerprint density at radius 2 is 1.96 bits per heavy atom. The summed E-state index contributed by atoms with van der Waals surface area (Å²) in [5.74, 6) is 0.315. The summed E-state index contributed by atoms with van der Waals surface area (Å²) in [5.41, 5.74) is 2.41. The van der Waals surface area contributed by atoms with Crippen LogP contribution in [0.1, 0.15) is 24.3 Å². The van der Waals surface area contributed by atoms with Crippen LogP contribution in [0.4, 0.5) is 16.2 Å². The third-order valence-corrected chi connectivity index (χ3v) is 4.65. The first-order valence-corrected chi connectivity index (χ1v) is 8.67. The molecule has 1 unspecified atom stereocenters. The van der Waals surface area contributed by atoms with Gasteiger partial charge in [0.1, 0.15) is 11.5 Å². The zero-order valence-corrected chi connectivity index (χ0v) is 15.3. The topological polar surface area (TPSA) is 88.1 Å². The maximum Gasteiger partial charge on any atom is 0.419 e. The molecule has 7 heteroatoms. The fourth-order valence-electron chi connectivity index (χ4n) is 3.16. The van der Waals surface area contributed by atoms with Gasteiger partial charge >= 0.3 is 12.1 Å². The Kier molecular flexibility index (Phi) is 5.49. The van der Waals surface area contributed by atoms with Crippen LogP contribution in [-0.4, -0.2) is 37.9 Å². The molecular formula is C20H22N2O5. The minimum Gasteiger partial charge on any atom is -0.497 e. The molecule has 0 saturated carbocycles. The van der Waals surface area contributed by atoms with E-state index in [0.717, 1.165) is 11.3 Å². The van der Waals surface area contributed by atoms with Crippen molar-refractivity contribution in [2.24, 2.45) is 0 Å². The monoisotopic (exact) mass is 370 g/mol. The molecule has 0 aliphatic carbocycles. The number of hydrogen-bond donors (Lipinski definition) is 2. The number of aliphatic carboxylic acids is 1. The number of ether oxygens (including phenoxy) is 2. The van der Waals surface area contributed by atoms with Crippen LogP contribution in [-0.2, 0) is 4.79 Å². The van der Waals surface area contributed by atoms with E-state index >= 15 is 0 Å². The van der Waals surface area contributed by atoms with Crippen LogP contribution in [0.15, 0.2) is 42.5 Å². The van der Waals surface area contributed by atoms with Crippen molar-refractivity contribution in [2.75, 3.05) is 30.9 Å². The van der Waals surface area contributed by atoms with Crippen LogP contribution in [0.2, 0.25) is 0 Å². The van der Waals surface area contributed by atoms with E-state index in [-0.39, 0.29) is 12.3 Å². The summed E-state index contributed by atoms with van der Waals surface area (Å²) in [6.45, 7) is 0.630. The predicted octanol–water partition coefficient (Wildman–Crippen LogP) is 3.70. The van der Waals surface area contributed by atoms with E-state index < -0.39 is 12.1 Å². The first-order chi connectivity index (χ1) is 13.0. The number of fused-ring (bicyclic) bond motifs is 1. The number of rotatable bonds is 6. The van der Waals surface area contributed by atoms with E-state index in [9.17, 15) is 9.59 Å². The zero-order valence-electron chi connectivity index (χ0n) is 15.3. The van der Waals surface area contributed by atoms with Gasteiger partial charge < -0.3 is 19.9 Å². The minimum atomic E-state index is -0.836. The highest BCUT2D eigenvalue weighted by molar-refractivity contribution is 5.89. The molecule has 0 spiro atoms. The van der Waals surface area contributed by atoms with E-state index in [1.807, 2.05) is 6.07 Å². The van der Waals surface area contributed by atoms with Gasteiger partial charge in [-0.15, -0.1) is 0 Å². The molecule has 1 amide bonds. The molecule has 1 atom stereocenters. The second kappa shape index (κ2) is 7.99. The molecule has 0 saturated heterocycles. The number of methoxy groups -OCH3 is 1. The average Bonchev–Trinajstić information content (AvgIpc) is 3.10. The van der Waals surface area contributed by atoms with Crippen molar-refractivity contribution in [2.45, 2.75) is 18.8 Å². The third-order valence-electron chi connectivity index (χ3n) is 4.65. The highest BCUT2D eigenvalue weighted by atomic mass is 16.6. The van der Waals surface area contributed by atoms with Gasteiger partial charge in [-0.1, -0.05) is 6.07 Å². The van der Waals surface area contributed by atoms with E-state index in [2.05, 4.69) is 5.32 Å². The summed E-state index contributed by atoms with van der Waals surface area (Å²) in [7, 11) is 3.21. The van der Waals surface area contributed by atoms with Crippen LogP contribution < -0.4 is 19.7 Å². The zero-order chi connectivity index (χ0) is 19.4. The minimum absolute atomic E-state index is 0.00797. The van der Waals surface area contributed by atoms with Crippen LogP contribution in [0.25, 0.3) is 0 Å². The Labute approximate surface area is 157 Å². The van der Waals surface area contributed by atoms with Crippen molar-refractivity contribution in [1.29, 1.82) is 0 Å². The number of hydrogen-bond acceptors (Lipinski definition) is 5. The Hall–Kier alpha value is -3.22. The molecule has 2 aromatic rings. The standard InChI is InChI=1S/C20H22N2O5/c1-22(14-7-9-15(26-2)10-8-14)20(25)27-17-5-3-4-16-19(17)13(12-21-16)6-11-18(23)24/h3-5,7-10,13,21H,6,11-12H2,1-2H3,(H,23,24). The highest BCUT2D eigenvalue weighted by Crippen LogP contribution is 2.41. The smallest absolute Gasteiger partial charge is 0.419 e. The maximum absolute atomic E-state index is 12.6. The number of nitrogens with zero attached hydrogens (tertiary/aromatic N) is 1. The van der Waals surface area contributed by atoms with Gasteiger partial charge in [-0.05, 0) is 42.8 Å². The van der Waals surface area contributed by atoms with E-state index in [1.165, 1.54) is 4.90 Å². The molecule has 1 aliphatic rings. The number of anilines is 2. The molecule has 0 radical (unpaired) electrons. The summed E-state index contributed by atoms with van der Waals surface area (Å²) in [4.78, 5) is 24.9. The lowest BCUT2D eigenvalue weighted by Crippen LogP contribution is -2.29. The second-order valence-electron chi connectivity index (χ2n) is 6.35. The van der Waals surface area contributed by atoms with Gasteiger partial charge in [0.05, 0.1) is 7.11 Å². The molecule has 1 aliphatic heterocycles. The van der Waals surface area contributed by atoms with Gasteiger partial charge in [0.25, 0.3) is 0 Å². The van der Waals surface area contributed by atoms with Crippen LogP contribution in [0.3, 0.4) is 0 Å². The molecule has 142 valence electrons. The van der Waals surface area contributed by atoms with Crippen molar-refractivity contribution < 1.29 is 24.2 Å². The van der Waals surface area contributed by atoms with Crippen molar-refractivity contribution in [1.82, 2.24) is 0 Å². The lowest BCUT2D eigenvalue weighted by atomic mass is 9.95. The van der Waals surface area contributed by atoms with E-state index in [1.54, 1.807) is 50.6 Å². The number of amides is 1. The summed E-state index contributed by atoms with van der Waals surface area (Å²) in [6.07, 6.45) is 0.0374. The fourth-order valence-corrected chi connectivity index (χ4v) is 3.16. The number of carbonyl (C=O) groups is 2. The second-order valence-corrected chi connectivity index (χ2v) is 6.35. The molecule has 3 rings (SSSR count). The Bertz CT molecular complexity index is 835. The van der Waals surface area contributed by atoms with Gasteiger partial charge in [0.2, 0.25) is 0 Å². The van der Waals surface area contributed by atoms with Gasteiger partial charge in [-0.25, -0.2) is 4.79 Å². The number of carboxylic acids is 1. The van der Waals surface area contributed by atoms with Crippen LogP contribution >= 0.6 is 0 Å². The Balaban J connectivity index is 1.76. The van der Waals surface area contributed by atoms with Gasteiger partial charge in [-0.2, -0.15) is 0 Å². The van der Waals surface area contributed by atoms with Gasteiger partial charge in [0, 0.05) is 42.9 Å². The first kappa shape index (κ1) is 18.6. The maximum atomic E-state index is 12.6. The SMILES string of the molecule is COc1ccc(N(C)C(=O)Oc2cccc3c2C(CCC(=O)O)CN3)cc1. The van der Waals surface area contributed by atoms with E-state index in [0.29, 0.717) is 30.2 Å². The van der Waals surface area contributed by atoms with Crippen molar-refractivity contribution in [3.05, 3.63) is 48.0 Å². The predicted molar refractivity (Wildman–Crippen MR) is 102 cm³/mol. The molecule has 0 bridgehead atoms. The molecular weight excluding hydrogens is 348 g/mol. The number of carbonyl (C=O) groups excluding carboxylic acids is 1. The first-order valence-electron chi connectivity index (χ1n) is 8.67. The highest BCUT2D eigenvalue weighted by Gasteiger charge is 2.28. The summed E-state index contributed by atoms with van der Waals surface area (Å²) < 4.78 is 10.8. The van der Waals surface area contributed by atoms with Crippen LogP contribution in [0.5, 0.6) is 11.5 Å². The normalized spacial score (nSPS) is 14.8. The molecule has 0 aromatic heterocycles. The van der Waals surface area contributed by atoms with E-state index in [4.69, 9.17) is 14.6 Å². The van der Waals surface area contributed by atoms with Crippen LogP contribution in [0, 0.1) is 0 Å². The quantitative estimate of drug-likeness (QED) is 0.806. The lowest BCUT2D eigenvalue weighted by molar-refractivity contribution is -0.137. The fraction of sp³-hybridized carbons (Fsp3) is 0.300. The third kappa shape index (κ3) is 4.13. The van der Waals surface area contributed by atoms with Gasteiger partial charge in [0.15, 0.2) is 0 Å². The lowest BCUT2D eigenvalue weighted by Gasteiger charge is -2.19. The molecule has 2 aromatic carbocycles. The molecule has 27 heavy (non-hydrogen) atoms. The van der Waals surface area contributed by atoms with Gasteiger partial charge in [-0.3, -0.25) is 9.69 Å². The van der Waals surface area contributed by atoms with Crippen molar-refractivity contribution in [3.63, 3.8) is 0 Å².